The molecule has 21 heavy (non-hydrogen) atoms. The van der Waals surface area contributed by atoms with Gasteiger partial charge in [-0.3, -0.25) is 4.79 Å². The van der Waals surface area contributed by atoms with Crippen molar-refractivity contribution >= 4 is 33.0 Å². The van der Waals surface area contributed by atoms with Crippen molar-refractivity contribution < 1.29 is 13.9 Å². The van der Waals surface area contributed by atoms with Gasteiger partial charge in [0.2, 0.25) is 0 Å². The molecule has 1 aliphatic rings. The van der Waals surface area contributed by atoms with E-state index in [1.54, 1.807) is 0 Å². The number of allylic oxidation sites excluding steroid dienone is 1. The highest BCUT2D eigenvalue weighted by Gasteiger charge is 2.20. The number of aromatic nitrogens is 1. The van der Waals surface area contributed by atoms with Gasteiger partial charge in [0.1, 0.15) is 11.6 Å². The van der Waals surface area contributed by atoms with Gasteiger partial charge in [0.25, 0.3) is 0 Å². The molecule has 0 radical (unpaired) electrons. The number of halogens is 1. The van der Waals surface area contributed by atoms with Crippen LogP contribution in [-0.4, -0.2) is 17.1 Å². The molecule has 4 nitrogen and oxygen atoms in total. The number of benzene rings is 1. The third-order valence-corrected chi connectivity index (χ3v) is 4.31. The topological polar surface area (TPSA) is 52.3 Å². The van der Waals surface area contributed by atoms with Crippen LogP contribution in [0.2, 0.25) is 0 Å². The fourth-order valence-corrected chi connectivity index (χ4v) is 2.93. The number of fused-ring (bicyclic) bond motifs is 1. The second kappa shape index (κ2) is 6.43. The highest BCUT2D eigenvalue weighted by atomic mass is 79.9. The Labute approximate surface area is 131 Å². The lowest BCUT2D eigenvalue weighted by molar-refractivity contribution is -0.147. The van der Waals surface area contributed by atoms with Crippen molar-refractivity contribution in [2.45, 2.75) is 38.2 Å². The van der Waals surface area contributed by atoms with E-state index in [-0.39, 0.29) is 18.5 Å². The summed E-state index contributed by atoms with van der Waals surface area (Å²) >= 11 is 3.46. The van der Waals surface area contributed by atoms with E-state index in [0.717, 1.165) is 34.8 Å². The van der Waals surface area contributed by atoms with Crippen LogP contribution in [0.15, 0.2) is 39.2 Å². The molecule has 0 spiro atoms. The summed E-state index contributed by atoms with van der Waals surface area (Å²) in [6, 6.07) is 7.58. The van der Waals surface area contributed by atoms with Crippen LogP contribution in [0.1, 0.15) is 31.6 Å². The lowest BCUT2D eigenvalue weighted by Crippen LogP contribution is -2.20. The second-order valence-electron chi connectivity index (χ2n) is 5.07. The minimum absolute atomic E-state index is 0.130. The summed E-state index contributed by atoms with van der Waals surface area (Å²) in [7, 11) is 0. The van der Waals surface area contributed by atoms with Gasteiger partial charge in [0.15, 0.2) is 11.5 Å². The molecule has 0 saturated carbocycles. The molecule has 3 rings (SSSR count). The van der Waals surface area contributed by atoms with Gasteiger partial charge in [0.05, 0.1) is 6.42 Å². The summed E-state index contributed by atoms with van der Waals surface area (Å²) in [5, 5.41) is 0. The fraction of sp³-hybridized carbons (Fsp3) is 0.375. The maximum absolute atomic E-state index is 11.9. The van der Waals surface area contributed by atoms with E-state index >= 15 is 0 Å². The van der Waals surface area contributed by atoms with Gasteiger partial charge in [-0.1, -0.05) is 34.1 Å². The van der Waals surface area contributed by atoms with Crippen molar-refractivity contribution in [3.8, 4) is 0 Å². The maximum atomic E-state index is 11.9. The number of oxazole rings is 1. The van der Waals surface area contributed by atoms with E-state index in [0.29, 0.717) is 12.3 Å². The molecule has 0 saturated heterocycles. The van der Waals surface area contributed by atoms with Gasteiger partial charge in [0, 0.05) is 10.9 Å². The maximum Gasteiger partial charge on any atom is 0.306 e. The van der Waals surface area contributed by atoms with Crippen molar-refractivity contribution in [1.29, 1.82) is 0 Å². The first-order valence-corrected chi connectivity index (χ1v) is 7.91. The second-order valence-corrected chi connectivity index (χ2v) is 5.99. The number of hydrogen-bond donors (Lipinski definition) is 0. The van der Waals surface area contributed by atoms with E-state index in [1.165, 1.54) is 0 Å². The number of aryl methyl sites for hydroxylation is 1. The Balaban J connectivity index is 1.55. The van der Waals surface area contributed by atoms with E-state index in [2.05, 4.69) is 27.0 Å². The molecule has 2 aromatic rings. The standard InChI is InChI=1S/C16H16BrNO3/c17-11-5-1-3-7-13(11)21-16(19)10-9-15-18-12-6-2-4-8-14(12)20-15/h2,4-6,8,13H,1,3,7,9-10H2/t13-/m1/s1. The molecular formula is C16H16BrNO3. The van der Waals surface area contributed by atoms with Gasteiger partial charge >= 0.3 is 5.97 Å². The van der Waals surface area contributed by atoms with Gasteiger partial charge in [-0.05, 0) is 31.4 Å². The highest BCUT2D eigenvalue weighted by Crippen LogP contribution is 2.26. The van der Waals surface area contributed by atoms with Crippen LogP contribution in [0.3, 0.4) is 0 Å². The third-order valence-electron chi connectivity index (χ3n) is 3.47. The summed E-state index contributed by atoms with van der Waals surface area (Å²) in [6.45, 7) is 0. The summed E-state index contributed by atoms with van der Waals surface area (Å²) in [5.41, 5.74) is 1.57. The SMILES string of the molecule is O=C(CCc1nc2ccccc2o1)O[C@@H]1CCCC=C1Br. The summed E-state index contributed by atoms with van der Waals surface area (Å²) in [6.07, 6.45) is 5.66. The molecular weight excluding hydrogens is 334 g/mol. The Morgan fingerprint density at radius 1 is 1.43 bits per heavy atom. The van der Waals surface area contributed by atoms with Crippen molar-refractivity contribution in [1.82, 2.24) is 4.98 Å². The molecule has 0 N–H and O–H groups in total. The lowest BCUT2D eigenvalue weighted by Gasteiger charge is -2.20. The molecule has 1 atom stereocenters. The molecule has 0 bridgehead atoms. The van der Waals surface area contributed by atoms with E-state index < -0.39 is 0 Å². The van der Waals surface area contributed by atoms with Crippen molar-refractivity contribution in [2.24, 2.45) is 0 Å². The van der Waals surface area contributed by atoms with Crippen LogP contribution in [0.25, 0.3) is 11.1 Å². The highest BCUT2D eigenvalue weighted by molar-refractivity contribution is 9.11. The number of esters is 1. The molecule has 1 aromatic carbocycles. The molecule has 0 unspecified atom stereocenters. The molecule has 0 fully saturated rings. The van der Waals surface area contributed by atoms with Gasteiger partial charge in [-0.15, -0.1) is 0 Å². The summed E-state index contributed by atoms with van der Waals surface area (Å²) in [5.74, 6) is 0.362. The Morgan fingerprint density at radius 2 is 2.29 bits per heavy atom. The number of carbonyl (C=O) groups is 1. The molecule has 1 aromatic heterocycles. The monoisotopic (exact) mass is 349 g/mol. The van der Waals surface area contributed by atoms with Crippen molar-refractivity contribution in [2.75, 3.05) is 0 Å². The molecule has 1 aliphatic carbocycles. The normalized spacial score (nSPS) is 18.5. The first-order valence-electron chi connectivity index (χ1n) is 7.12. The number of nitrogens with zero attached hydrogens (tertiary/aromatic N) is 1. The number of ether oxygens (including phenoxy) is 1. The Bertz CT molecular complexity index is 644. The Morgan fingerprint density at radius 3 is 3.10 bits per heavy atom. The third kappa shape index (κ3) is 3.53. The number of para-hydroxylation sites is 2. The molecule has 5 heteroatoms. The molecule has 0 aliphatic heterocycles. The predicted molar refractivity (Wildman–Crippen MR) is 83.1 cm³/mol. The molecule has 0 amide bonds. The minimum atomic E-state index is -0.213. The van der Waals surface area contributed by atoms with Crippen LogP contribution in [0, 0.1) is 0 Å². The largest absolute Gasteiger partial charge is 0.457 e. The summed E-state index contributed by atoms with van der Waals surface area (Å²) < 4.78 is 12.0. The smallest absolute Gasteiger partial charge is 0.306 e. The zero-order chi connectivity index (χ0) is 14.7. The Hall–Kier alpha value is -1.62. The number of hydrogen-bond acceptors (Lipinski definition) is 4. The van der Waals surface area contributed by atoms with Crippen LogP contribution in [0.5, 0.6) is 0 Å². The zero-order valence-electron chi connectivity index (χ0n) is 11.5. The first kappa shape index (κ1) is 14.3. The predicted octanol–water partition coefficient (Wildman–Crippen LogP) is 4.13. The molecule has 1 heterocycles. The first-order chi connectivity index (χ1) is 10.2. The van der Waals surface area contributed by atoms with E-state index in [9.17, 15) is 4.79 Å². The molecule has 110 valence electrons. The zero-order valence-corrected chi connectivity index (χ0v) is 13.1. The average Bonchev–Trinajstić information content (AvgIpc) is 2.90. The van der Waals surface area contributed by atoms with Crippen LogP contribution >= 0.6 is 15.9 Å². The van der Waals surface area contributed by atoms with Crippen LogP contribution in [-0.2, 0) is 16.0 Å². The van der Waals surface area contributed by atoms with Crippen LogP contribution < -0.4 is 0 Å². The van der Waals surface area contributed by atoms with E-state index in [1.807, 2.05) is 24.3 Å². The minimum Gasteiger partial charge on any atom is -0.457 e. The van der Waals surface area contributed by atoms with E-state index in [4.69, 9.17) is 9.15 Å². The van der Waals surface area contributed by atoms with Crippen molar-refractivity contribution in [3.05, 3.63) is 40.7 Å². The van der Waals surface area contributed by atoms with Gasteiger partial charge < -0.3 is 9.15 Å². The average molecular weight is 350 g/mol. The Kier molecular flexibility index (Phi) is 4.39. The van der Waals surface area contributed by atoms with Crippen molar-refractivity contribution in [3.63, 3.8) is 0 Å². The van der Waals surface area contributed by atoms with Gasteiger partial charge in [-0.2, -0.15) is 0 Å². The quantitative estimate of drug-likeness (QED) is 0.778. The van der Waals surface area contributed by atoms with Gasteiger partial charge in [-0.25, -0.2) is 4.98 Å². The summed E-state index contributed by atoms with van der Waals surface area (Å²) in [4.78, 5) is 16.3. The number of carbonyl (C=O) groups excluding carboxylic acids is 1. The fourth-order valence-electron chi connectivity index (χ4n) is 2.38. The van der Waals surface area contributed by atoms with Crippen LogP contribution in [0.4, 0.5) is 0 Å². The lowest BCUT2D eigenvalue weighted by atomic mass is 10.1. The number of rotatable bonds is 4.